The van der Waals surface area contributed by atoms with E-state index in [1.54, 1.807) is 0 Å². The highest BCUT2D eigenvalue weighted by Crippen LogP contribution is 2.25. The fourth-order valence-corrected chi connectivity index (χ4v) is 2.52. The van der Waals surface area contributed by atoms with Crippen LogP contribution in [0.25, 0.3) is 0 Å². The van der Waals surface area contributed by atoms with Crippen molar-refractivity contribution in [2.24, 2.45) is 5.92 Å². The normalized spacial score (nSPS) is 11.9. The molecule has 0 saturated heterocycles. The summed E-state index contributed by atoms with van der Waals surface area (Å²) in [5, 5.41) is 7.07. The Morgan fingerprint density at radius 3 is 2.44 bits per heavy atom. The van der Waals surface area contributed by atoms with Crippen LogP contribution in [0.5, 0.6) is 0 Å². The van der Waals surface area contributed by atoms with Gasteiger partial charge in [-0.25, -0.2) is 0 Å². The van der Waals surface area contributed by atoms with Crippen molar-refractivity contribution in [1.29, 1.82) is 0 Å². The fourth-order valence-electron chi connectivity index (χ4n) is 1.72. The number of hydrogen-bond donors (Lipinski definition) is 1. The van der Waals surface area contributed by atoms with Gasteiger partial charge >= 0.3 is 0 Å². The summed E-state index contributed by atoms with van der Waals surface area (Å²) in [6.07, 6.45) is 2.17. The second-order valence-corrected chi connectivity index (χ2v) is 6.35. The van der Waals surface area contributed by atoms with Crippen molar-refractivity contribution in [1.82, 2.24) is 14.9 Å². The van der Waals surface area contributed by atoms with E-state index < -0.39 is 0 Å². The van der Waals surface area contributed by atoms with Gasteiger partial charge in [0.15, 0.2) is 0 Å². The zero-order valence-electron chi connectivity index (χ0n) is 11.9. The van der Waals surface area contributed by atoms with E-state index in [0.29, 0.717) is 10.8 Å². The van der Waals surface area contributed by atoms with Gasteiger partial charge in [0, 0.05) is 12.0 Å². The van der Waals surface area contributed by atoms with Gasteiger partial charge < -0.3 is 5.32 Å². The molecule has 0 aromatic carbocycles. The fraction of sp³-hybridized carbons (Fsp3) is 0.769. The van der Waals surface area contributed by atoms with E-state index in [0.717, 1.165) is 25.1 Å². The molecule has 0 aliphatic rings. The summed E-state index contributed by atoms with van der Waals surface area (Å²) in [5.41, 5.74) is 0.642. The van der Waals surface area contributed by atoms with Crippen molar-refractivity contribution in [2.45, 2.75) is 52.9 Å². The lowest BCUT2D eigenvalue weighted by molar-refractivity contribution is 0.0948. The standard InChI is InChI=1S/C13H23N3OS/c1-6-9(7-2)8-14-12(17)10-11(13(3,4)5)15-16-18-10/h9H,6-8H2,1-5H3,(H,14,17). The third-order valence-electron chi connectivity index (χ3n) is 3.11. The van der Waals surface area contributed by atoms with Gasteiger partial charge in [-0.3, -0.25) is 4.79 Å². The molecule has 0 spiro atoms. The lowest BCUT2D eigenvalue weighted by Crippen LogP contribution is -2.30. The van der Waals surface area contributed by atoms with Crippen LogP contribution in [0.15, 0.2) is 0 Å². The number of rotatable bonds is 5. The highest BCUT2D eigenvalue weighted by Gasteiger charge is 2.26. The van der Waals surface area contributed by atoms with E-state index in [1.807, 2.05) is 20.8 Å². The molecule has 102 valence electrons. The van der Waals surface area contributed by atoms with Gasteiger partial charge in [0.05, 0.1) is 5.69 Å². The Hall–Kier alpha value is -0.970. The first-order valence-electron chi connectivity index (χ1n) is 6.51. The summed E-state index contributed by atoms with van der Waals surface area (Å²) in [6.45, 7) is 11.2. The predicted octanol–water partition coefficient (Wildman–Crippen LogP) is 3.00. The number of aromatic nitrogens is 2. The maximum atomic E-state index is 12.1. The summed E-state index contributed by atoms with van der Waals surface area (Å²) in [7, 11) is 0. The van der Waals surface area contributed by atoms with E-state index in [2.05, 4.69) is 28.8 Å². The van der Waals surface area contributed by atoms with Crippen molar-refractivity contribution in [3.63, 3.8) is 0 Å². The summed E-state index contributed by atoms with van der Waals surface area (Å²) in [4.78, 5) is 12.8. The number of nitrogens with one attached hydrogen (secondary N) is 1. The zero-order chi connectivity index (χ0) is 13.8. The first-order chi connectivity index (χ1) is 8.40. The molecule has 0 aliphatic heterocycles. The van der Waals surface area contributed by atoms with E-state index in [1.165, 1.54) is 11.5 Å². The SMILES string of the molecule is CCC(CC)CNC(=O)c1snnc1C(C)(C)C. The summed E-state index contributed by atoms with van der Waals surface area (Å²) in [5.74, 6) is 0.509. The van der Waals surface area contributed by atoms with Gasteiger partial charge in [-0.1, -0.05) is 51.9 Å². The molecule has 18 heavy (non-hydrogen) atoms. The van der Waals surface area contributed by atoms with Gasteiger partial charge in [0.25, 0.3) is 5.91 Å². The van der Waals surface area contributed by atoms with Crippen LogP contribution in [-0.2, 0) is 5.41 Å². The number of amides is 1. The average molecular weight is 269 g/mol. The maximum absolute atomic E-state index is 12.1. The first-order valence-corrected chi connectivity index (χ1v) is 7.28. The molecule has 0 radical (unpaired) electrons. The van der Waals surface area contributed by atoms with E-state index in [9.17, 15) is 4.79 Å². The van der Waals surface area contributed by atoms with E-state index in [4.69, 9.17) is 0 Å². The van der Waals surface area contributed by atoms with Crippen molar-refractivity contribution < 1.29 is 4.79 Å². The van der Waals surface area contributed by atoms with Crippen LogP contribution >= 0.6 is 11.5 Å². The Balaban J connectivity index is 2.71. The van der Waals surface area contributed by atoms with Gasteiger partial charge in [0.1, 0.15) is 4.88 Å². The molecular weight excluding hydrogens is 246 g/mol. The molecule has 1 aromatic heterocycles. The molecule has 4 nitrogen and oxygen atoms in total. The van der Waals surface area contributed by atoms with Crippen LogP contribution in [-0.4, -0.2) is 22.0 Å². The van der Waals surface area contributed by atoms with Gasteiger partial charge in [0.2, 0.25) is 0 Å². The molecule has 1 amide bonds. The molecule has 0 saturated carbocycles. The lowest BCUT2D eigenvalue weighted by Gasteiger charge is -2.17. The monoisotopic (exact) mass is 269 g/mol. The topological polar surface area (TPSA) is 54.9 Å². The van der Waals surface area contributed by atoms with E-state index >= 15 is 0 Å². The zero-order valence-corrected chi connectivity index (χ0v) is 12.7. The molecule has 1 rings (SSSR count). The lowest BCUT2D eigenvalue weighted by atomic mass is 9.91. The van der Waals surface area contributed by atoms with Crippen LogP contribution < -0.4 is 5.32 Å². The van der Waals surface area contributed by atoms with Crippen molar-refractivity contribution in [3.05, 3.63) is 10.6 Å². The van der Waals surface area contributed by atoms with Crippen LogP contribution in [0.3, 0.4) is 0 Å². The third kappa shape index (κ3) is 3.77. The van der Waals surface area contributed by atoms with Gasteiger partial charge in [-0.2, -0.15) is 0 Å². The molecule has 0 bridgehead atoms. The first kappa shape index (κ1) is 15.1. The number of carbonyl (C=O) groups is 1. The Morgan fingerprint density at radius 2 is 1.94 bits per heavy atom. The Labute approximate surface area is 113 Å². The molecule has 0 aliphatic carbocycles. The Morgan fingerprint density at radius 1 is 1.33 bits per heavy atom. The van der Waals surface area contributed by atoms with Crippen LogP contribution in [0, 0.1) is 5.92 Å². The molecular formula is C13H23N3OS. The summed E-state index contributed by atoms with van der Waals surface area (Å²) >= 11 is 1.18. The van der Waals surface area contributed by atoms with Gasteiger partial charge in [-0.05, 0) is 17.5 Å². The number of carbonyl (C=O) groups excluding carboxylic acids is 1. The average Bonchev–Trinajstić information content (AvgIpc) is 2.78. The van der Waals surface area contributed by atoms with E-state index in [-0.39, 0.29) is 11.3 Å². The summed E-state index contributed by atoms with van der Waals surface area (Å²) < 4.78 is 3.91. The Kier molecular flexibility index (Phi) is 5.26. The second kappa shape index (κ2) is 6.27. The minimum atomic E-state index is -0.144. The van der Waals surface area contributed by atoms with Crippen LogP contribution in [0.1, 0.15) is 62.8 Å². The minimum Gasteiger partial charge on any atom is -0.351 e. The molecule has 0 fully saturated rings. The molecule has 0 unspecified atom stereocenters. The highest BCUT2D eigenvalue weighted by atomic mass is 32.1. The van der Waals surface area contributed by atoms with Gasteiger partial charge in [-0.15, -0.1) is 5.10 Å². The van der Waals surface area contributed by atoms with Crippen molar-refractivity contribution in [2.75, 3.05) is 6.54 Å². The van der Waals surface area contributed by atoms with Crippen LogP contribution in [0.2, 0.25) is 0 Å². The second-order valence-electron chi connectivity index (χ2n) is 5.59. The largest absolute Gasteiger partial charge is 0.351 e. The molecule has 1 N–H and O–H groups in total. The maximum Gasteiger partial charge on any atom is 0.264 e. The number of nitrogens with zero attached hydrogens (tertiary/aromatic N) is 2. The molecule has 0 atom stereocenters. The quantitative estimate of drug-likeness (QED) is 0.894. The number of hydrogen-bond acceptors (Lipinski definition) is 4. The smallest absolute Gasteiger partial charge is 0.264 e. The van der Waals surface area contributed by atoms with Crippen molar-refractivity contribution >= 4 is 17.4 Å². The summed E-state index contributed by atoms with van der Waals surface area (Å²) in [6, 6.07) is 0. The molecule has 5 heteroatoms. The van der Waals surface area contributed by atoms with Crippen LogP contribution in [0.4, 0.5) is 0 Å². The highest BCUT2D eigenvalue weighted by molar-refractivity contribution is 7.08. The van der Waals surface area contributed by atoms with Crippen molar-refractivity contribution in [3.8, 4) is 0 Å². The molecule has 1 aromatic rings. The molecule has 1 heterocycles. The predicted molar refractivity (Wildman–Crippen MR) is 75.0 cm³/mol. The minimum absolute atomic E-state index is 0.0400. The Bertz CT molecular complexity index is 391. The third-order valence-corrected chi connectivity index (χ3v) is 3.84.